The van der Waals surface area contributed by atoms with Crippen LogP contribution in [-0.4, -0.2) is 35.1 Å². The Morgan fingerprint density at radius 2 is 2.38 bits per heavy atom. The van der Waals surface area contributed by atoms with Crippen LogP contribution in [0.3, 0.4) is 0 Å². The molecular weight excluding hydrogens is 166 g/mol. The van der Waals surface area contributed by atoms with Crippen molar-refractivity contribution in [2.45, 2.75) is 39.2 Å². The molecule has 2 unspecified atom stereocenters. The van der Waals surface area contributed by atoms with E-state index >= 15 is 0 Å². The molecule has 0 aromatic carbocycles. The van der Waals surface area contributed by atoms with Crippen LogP contribution in [0.15, 0.2) is 0 Å². The van der Waals surface area contributed by atoms with Crippen LogP contribution >= 0.6 is 0 Å². The summed E-state index contributed by atoms with van der Waals surface area (Å²) >= 11 is 0. The van der Waals surface area contributed by atoms with Gasteiger partial charge in [-0.15, -0.1) is 0 Å². The molecule has 0 aromatic rings. The molecule has 1 rings (SSSR count). The van der Waals surface area contributed by atoms with Crippen molar-refractivity contribution in [3.63, 3.8) is 0 Å². The summed E-state index contributed by atoms with van der Waals surface area (Å²) < 4.78 is 0. The minimum absolute atomic E-state index is 0.276. The molecule has 76 valence electrons. The summed E-state index contributed by atoms with van der Waals surface area (Å²) in [7, 11) is 0. The highest BCUT2D eigenvalue weighted by Crippen LogP contribution is 2.18. The Balaban J connectivity index is 2.26. The van der Waals surface area contributed by atoms with Crippen LogP contribution in [0.5, 0.6) is 0 Å². The van der Waals surface area contributed by atoms with Crippen molar-refractivity contribution in [1.82, 2.24) is 4.90 Å². The standard InChI is InChI=1S/C10H19NO2/c1-8(6-10(12)13)7-11-5-3-4-9(11)2/h8-9H,3-7H2,1-2H3,(H,12,13). The minimum Gasteiger partial charge on any atom is -0.481 e. The van der Waals surface area contributed by atoms with E-state index in [4.69, 9.17) is 5.11 Å². The van der Waals surface area contributed by atoms with Gasteiger partial charge in [-0.3, -0.25) is 4.79 Å². The van der Waals surface area contributed by atoms with Gasteiger partial charge in [0.1, 0.15) is 0 Å². The van der Waals surface area contributed by atoms with Crippen molar-refractivity contribution in [1.29, 1.82) is 0 Å². The van der Waals surface area contributed by atoms with Crippen LogP contribution in [-0.2, 0) is 4.79 Å². The summed E-state index contributed by atoms with van der Waals surface area (Å²) in [6, 6.07) is 0.649. The Labute approximate surface area is 79.7 Å². The maximum atomic E-state index is 10.4. The predicted octanol–water partition coefficient (Wildman–Crippen LogP) is 1.58. The van der Waals surface area contributed by atoms with Gasteiger partial charge in [0.15, 0.2) is 0 Å². The second kappa shape index (κ2) is 4.61. The van der Waals surface area contributed by atoms with E-state index in [1.807, 2.05) is 6.92 Å². The lowest BCUT2D eigenvalue weighted by atomic mass is 10.1. The Hall–Kier alpha value is -0.570. The summed E-state index contributed by atoms with van der Waals surface area (Å²) in [5, 5.41) is 8.61. The minimum atomic E-state index is -0.681. The van der Waals surface area contributed by atoms with Gasteiger partial charge in [0.2, 0.25) is 0 Å². The zero-order chi connectivity index (χ0) is 9.84. The summed E-state index contributed by atoms with van der Waals surface area (Å²) in [4.78, 5) is 12.8. The third-order valence-corrected chi connectivity index (χ3v) is 2.76. The van der Waals surface area contributed by atoms with Crippen molar-refractivity contribution in [2.75, 3.05) is 13.1 Å². The van der Waals surface area contributed by atoms with E-state index in [1.54, 1.807) is 0 Å². The van der Waals surface area contributed by atoms with Crippen molar-refractivity contribution in [3.8, 4) is 0 Å². The molecule has 0 saturated carbocycles. The highest BCUT2D eigenvalue weighted by molar-refractivity contribution is 5.66. The second-order valence-electron chi connectivity index (χ2n) is 4.19. The van der Waals surface area contributed by atoms with E-state index < -0.39 is 5.97 Å². The van der Waals surface area contributed by atoms with Gasteiger partial charge in [-0.1, -0.05) is 6.92 Å². The molecular formula is C10H19NO2. The van der Waals surface area contributed by atoms with E-state index in [1.165, 1.54) is 12.8 Å². The van der Waals surface area contributed by atoms with E-state index in [0.29, 0.717) is 12.5 Å². The van der Waals surface area contributed by atoms with Crippen LogP contribution in [0.4, 0.5) is 0 Å². The maximum absolute atomic E-state index is 10.4. The van der Waals surface area contributed by atoms with Crippen molar-refractivity contribution in [2.24, 2.45) is 5.92 Å². The molecule has 1 saturated heterocycles. The SMILES string of the molecule is CC(CC(=O)O)CN1CCCC1C. The first kappa shape index (κ1) is 10.5. The van der Waals surface area contributed by atoms with Gasteiger partial charge in [0.25, 0.3) is 0 Å². The fraction of sp³-hybridized carbons (Fsp3) is 0.900. The molecule has 1 N–H and O–H groups in total. The molecule has 0 aliphatic carbocycles. The highest BCUT2D eigenvalue weighted by Gasteiger charge is 2.22. The van der Waals surface area contributed by atoms with Crippen molar-refractivity contribution < 1.29 is 9.90 Å². The molecule has 0 aromatic heterocycles. The van der Waals surface area contributed by atoms with Crippen LogP contribution in [0.2, 0.25) is 0 Å². The summed E-state index contributed by atoms with van der Waals surface area (Å²) in [5.41, 5.74) is 0. The molecule has 3 heteroatoms. The number of carboxylic acids is 1. The predicted molar refractivity (Wildman–Crippen MR) is 51.7 cm³/mol. The Morgan fingerprint density at radius 1 is 1.69 bits per heavy atom. The quantitative estimate of drug-likeness (QED) is 0.723. The Kier molecular flexibility index (Phi) is 3.72. The molecule has 1 fully saturated rings. The second-order valence-corrected chi connectivity index (χ2v) is 4.19. The first-order valence-electron chi connectivity index (χ1n) is 5.05. The number of carboxylic acid groups (broad SMARTS) is 1. The maximum Gasteiger partial charge on any atom is 0.303 e. The lowest BCUT2D eigenvalue weighted by Gasteiger charge is -2.23. The molecule has 1 aliphatic heterocycles. The number of rotatable bonds is 4. The zero-order valence-electron chi connectivity index (χ0n) is 8.49. The first-order chi connectivity index (χ1) is 6.09. The van der Waals surface area contributed by atoms with E-state index in [0.717, 1.165) is 13.1 Å². The van der Waals surface area contributed by atoms with Gasteiger partial charge in [0, 0.05) is 19.0 Å². The molecule has 1 aliphatic rings. The van der Waals surface area contributed by atoms with Crippen LogP contribution in [0.1, 0.15) is 33.1 Å². The van der Waals surface area contributed by atoms with Gasteiger partial charge in [-0.25, -0.2) is 0 Å². The number of carbonyl (C=O) groups is 1. The van der Waals surface area contributed by atoms with Gasteiger partial charge in [-0.05, 0) is 32.2 Å². The summed E-state index contributed by atoms with van der Waals surface area (Å²) in [6.45, 7) is 6.32. The van der Waals surface area contributed by atoms with E-state index in [9.17, 15) is 4.79 Å². The highest BCUT2D eigenvalue weighted by atomic mass is 16.4. The fourth-order valence-electron chi connectivity index (χ4n) is 2.03. The normalized spacial score (nSPS) is 26.2. The Morgan fingerprint density at radius 3 is 2.85 bits per heavy atom. The van der Waals surface area contributed by atoms with Crippen LogP contribution in [0, 0.1) is 5.92 Å². The average molecular weight is 185 g/mol. The molecule has 3 nitrogen and oxygen atoms in total. The molecule has 0 amide bonds. The summed E-state index contributed by atoms with van der Waals surface area (Å²) in [5.74, 6) is -0.405. The molecule has 2 atom stereocenters. The van der Waals surface area contributed by atoms with Gasteiger partial charge in [0.05, 0.1) is 0 Å². The van der Waals surface area contributed by atoms with Gasteiger partial charge < -0.3 is 10.0 Å². The van der Waals surface area contributed by atoms with Crippen molar-refractivity contribution >= 4 is 5.97 Å². The smallest absolute Gasteiger partial charge is 0.303 e. The number of hydrogen-bond acceptors (Lipinski definition) is 2. The van der Waals surface area contributed by atoms with Gasteiger partial charge >= 0.3 is 5.97 Å². The zero-order valence-corrected chi connectivity index (χ0v) is 8.49. The number of likely N-dealkylation sites (tertiary alicyclic amines) is 1. The molecule has 1 heterocycles. The van der Waals surface area contributed by atoms with Crippen LogP contribution in [0.25, 0.3) is 0 Å². The van der Waals surface area contributed by atoms with Crippen LogP contribution < -0.4 is 0 Å². The largest absolute Gasteiger partial charge is 0.481 e. The van der Waals surface area contributed by atoms with E-state index in [-0.39, 0.29) is 5.92 Å². The third kappa shape index (κ3) is 3.35. The Bertz CT molecular complexity index is 182. The molecule has 0 spiro atoms. The number of aliphatic carboxylic acids is 1. The van der Waals surface area contributed by atoms with Gasteiger partial charge in [-0.2, -0.15) is 0 Å². The lowest BCUT2D eigenvalue weighted by Crippen LogP contribution is -2.32. The molecule has 13 heavy (non-hydrogen) atoms. The third-order valence-electron chi connectivity index (χ3n) is 2.76. The summed E-state index contributed by atoms with van der Waals surface area (Å²) in [6.07, 6.45) is 2.82. The molecule has 0 radical (unpaired) electrons. The number of hydrogen-bond donors (Lipinski definition) is 1. The average Bonchev–Trinajstić information content (AvgIpc) is 2.34. The molecule has 0 bridgehead atoms. The van der Waals surface area contributed by atoms with E-state index in [2.05, 4.69) is 11.8 Å². The monoisotopic (exact) mass is 185 g/mol. The van der Waals surface area contributed by atoms with Crippen molar-refractivity contribution in [3.05, 3.63) is 0 Å². The lowest BCUT2D eigenvalue weighted by molar-refractivity contribution is -0.138. The number of nitrogens with zero attached hydrogens (tertiary/aromatic N) is 1. The topological polar surface area (TPSA) is 40.5 Å². The first-order valence-corrected chi connectivity index (χ1v) is 5.05. The fourth-order valence-corrected chi connectivity index (χ4v) is 2.03.